The van der Waals surface area contributed by atoms with Gasteiger partial charge in [0.1, 0.15) is 0 Å². The largest absolute Gasteiger partial charge is 0.309 e. The zero-order chi connectivity index (χ0) is 42.1. The lowest BCUT2D eigenvalue weighted by atomic mass is 9.99. The monoisotopic (exact) mass is 814 g/mol. The van der Waals surface area contributed by atoms with Crippen LogP contribution in [0.25, 0.3) is 122 Å². The molecule has 4 heteroatoms. The molecule has 13 aromatic rings. The number of aromatic nitrogens is 4. The Bertz CT molecular complexity index is 3840. The van der Waals surface area contributed by atoms with E-state index in [0.29, 0.717) is 5.95 Å². The summed E-state index contributed by atoms with van der Waals surface area (Å²) in [6.45, 7) is 0. The van der Waals surface area contributed by atoms with Crippen LogP contribution >= 0.6 is 0 Å². The van der Waals surface area contributed by atoms with E-state index in [1.807, 2.05) is 0 Å². The number of hydrogen-bond acceptors (Lipinski definition) is 2. The summed E-state index contributed by atoms with van der Waals surface area (Å²) in [5, 5.41) is 9.43. The summed E-state index contributed by atoms with van der Waals surface area (Å²) in [4.78, 5) is 10.9. The van der Waals surface area contributed by atoms with Gasteiger partial charge >= 0.3 is 0 Å². The van der Waals surface area contributed by atoms with E-state index in [1.165, 1.54) is 49.3 Å². The van der Waals surface area contributed by atoms with Gasteiger partial charge in [0.2, 0.25) is 5.95 Å². The molecule has 10 aromatic carbocycles. The maximum absolute atomic E-state index is 5.44. The van der Waals surface area contributed by atoms with Gasteiger partial charge in [-0.2, -0.15) is 0 Å². The van der Waals surface area contributed by atoms with Crippen LogP contribution in [0.15, 0.2) is 231 Å². The Balaban J connectivity index is 0.980. The van der Waals surface area contributed by atoms with Crippen molar-refractivity contribution in [2.45, 2.75) is 0 Å². The zero-order valence-electron chi connectivity index (χ0n) is 34.7. The first-order chi connectivity index (χ1) is 31.7. The second-order valence-electron chi connectivity index (χ2n) is 16.6. The second kappa shape index (κ2) is 14.5. The lowest BCUT2D eigenvalue weighted by molar-refractivity contribution is 0.997. The highest BCUT2D eigenvalue weighted by molar-refractivity contribution is 6.13. The second-order valence-corrected chi connectivity index (χ2v) is 16.6. The average molecular weight is 815 g/mol. The molecule has 0 bridgehead atoms. The van der Waals surface area contributed by atoms with Crippen LogP contribution in [-0.2, 0) is 0 Å². The molecule has 0 amide bonds. The first-order valence-electron chi connectivity index (χ1n) is 21.8. The first-order valence-corrected chi connectivity index (χ1v) is 21.8. The number of hydrogen-bond donors (Lipinski definition) is 0. The minimum Gasteiger partial charge on any atom is -0.309 e. The molecule has 0 radical (unpaired) electrons. The van der Waals surface area contributed by atoms with Gasteiger partial charge in [-0.15, -0.1) is 0 Å². The Hall–Kier alpha value is -8.60. The van der Waals surface area contributed by atoms with Crippen molar-refractivity contribution in [1.82, 2.24) is 19.1 Å². The molecule has 0 fully saturated rings. The van der Waals surface area contributed by atoms with Gasteiger partial charge in [0, 0.05) is 38.4 Å². The quantitative estimate of drug-likeness (QED) is 0.168. The molecule has 13 rings (SSSR count). The fourth-order valence-corrected chi connectivity index (χ4v) is 9.94. The molecule has 64 heavy (non-hydrogen) atoms. The molecule has 0 N–H and O–H groups in total. The van der Waals surface area contributed by atoms with Crippen molar-refractivity contribution in [1.29, 1.82) is 0 Å². The van der Waals surface area contributed by atoms with E-state index < -0.39 is 0 Å². The SMILES string of the molecule is c1ccc(-c2ccc(-n3c4ccccc4c4cc(-c5ccc6c(c5)c5ccccc5n6-c5nc(-c6cccc7ccccc67)cc(-c6cccc7ccccc67)n5)ccc43)cc2)cc1. The van der Waals surface area contributed by atoms with E-state index in [2.05, 4.69) is 240 Å². The Morgan fingerprint density at radius 2 is 0.688 bits per heavy atom. The Morgan fingerprint density at radius 1 is 0.266 bits per heavy atom. The molecule has 0 aliphatic heterocycles. The third kappa shape index (κ3) is 5.77. The summed E-state index contributed by atoms with van der Waals surface area (Å²) in [6, 6.07) is 82.8. The fourth-order valence-electron chi connectivity index (χ4n) is 9.94. The van der Waals surface area contributed by atoms with Crippen LogP contribution < -0.4 is 0 Å². The zero-order valence-corrected chi connectivity index (χ0v) is 34.7. The number of benzene rings is 10. The lowest BCUT2D eigenvalue weighted by Crippen LogP contribution is -2.04. The maximum Gasteiger partial charge on any atom is 0.235 e. The van der Waals surface area contributed by atoms with Gasteiger partial charge in [0.15, 0.2) is 0 Å². The molecule has 3 aromatic heterocycles. The molecule has 298 valence electrons. The molecule has 0 spiro atoms. The standard InChI is InChI=1S/C60H38N4/c1-2-14-39(15-3-1)40-28-32-45(33-29-40)63-56-26-10-8-22-50(56)52-36-43(30-34-58(52)63)44-31-35-59-53(37-44)51-23-9-11-27-57(51)64(59)60-61-54(48-24-12-18-41-16-4-6-20-46(41)48)38-55(62-60)49-25-13-19-42-17-5-7-21-47(42)49/h1-38H. The van der Waals surface area contributed by atoms with E-state index in [9.17, 15) is 0 Å². The molecular formula is C60H38N4. The molecule has 0 aliphatic rings. The molecule has 4 nitrogen and oxygen atoms in total. The van der Waals surface area contributed by atoms with Crippen LogP contribution in [0.5, 0.6) is 0 Å². The summed E-state index contributed by atoms with van der Waals surface area (Å²) in [5.74, 6) is 0.637. The maximum atomic E-state index is 5.44. The summed E-state index contributed by atoms with van der Waals surface area (Å²) in [6.07, 6.45) is 0. The van der Waals surface area contributed by atoms with Crippen molar-refractivity contribution < 1.29 is 0 Å². The van der Waals surface area contributed by atoms with Gasteiger partial charge in [-0.25, -0.2) is 9.97 Å². The molecular weight excluding hydrogens is 777 g/mol. The van der Waals surface area contributed by atoms with Crippen molar-refractivity contribution in [2.24, 2.45) is 0 Å². The summed E-state index contributed by atoms with van der Waals surface area (Å²) in [5.41, 5.74) is 14.3. The summed E-state index contributed by atoms with van der Waals surface area (Å²) >= 11 is 0. The predicted octanol–water partition coefficient (Wildman–Crippen LogP) is 15.6. The minimum atomic E-state index is 0.637. The van der Waals surface area contributed by atoms with E-state index >= 15 is 0 Å². The summed E-state index contributed by atoms with van der Waals surface area (Å²) in [7, 11) is 0. The minimum absolute atomic E-state index is 0.637. The van der Waals surface area contributed by atoms with Crippen LogP contribution in [0.1, 0.15) is 0 Å². The number of nitrogens with zero attached hydrogens (tertiary/aromatic N) is 4. The van der Waals surface area contributed by atoms with E-state index in [-0.39, 0.29) is 0 Å². The van der Waals surface area contributed by atoms with Gasteiger partial charge < -0.3 is 4.57 Å². The van der Waals surface area contributed by atoms with Crippen molar-refractivity contribution in [3.05, 3.63) is 231 Å². The third-order valence-electron chi connectivity index (χ3n) is 13.0. The topological polar surface area (TPSA) is 35.6 Å². The number of fused-ring (bicyclic) bond motifs is 8. The molecule has 0 unspecified atom stereocenters. The van der Waals surface area contributed by atoms with Gasteiger partial charge in [-0.3, -0.25) is 4.57 Å². The van der Waals surface area contributed by atoms with Crippen molar-refractivity contribution in [3.63, 3.8) is 0 Å². The van der Waals surface area contributed by atoms with Crippen LogP contribution in [-0.4, -0.2) is 19.1 Å². The van der Waals surface area contributed by atoms with E-state index in [4.69, 9.17) is 9.97 Å². The van der Waals surface area contributed by atoms with Crippen LogP contribution in [0.2, 0.25) is 0 Å². The van der Waals surface area contributed by atoms with Crippen LogP contribution in [0.3, 0.4) is 0 Å². The Kier molecular flexibility index (Phi) is 8.18. The molecule has 3 heterocycles. The van der Waals surface area contributed by atoms with Gasteiger partial charge in [-0.1, -0.05) is 176 Å². The van der Waals surface area contributed by atoms with Gasteiger partial charge in [0.25, 0.3) is 0 Å². The van der Waals surface area contributed by atoms with Crippen molar-refractivity contribution in [2.75, 3.05) is 0 Å². The average Bonchev–Trinajstić information content (AvgIpc) is 3.88. The van der Waals surface area contributed by atoms with Gasteiger partial charge in [-0.05, 0) is 98.4 Å². The third-order valence-corrected chi connectivity index (χ3v) is 13.0. The highest BCUT2D eigenvalue weighted by atomic mass is 15.2. The van der Waals surface area contributed by atoms with Crippen LogP contribution in [0, 0.1) is 0 Å². The molecule has 0 aliphatic carbocycles. The smallest absolute Gasteiger partial charge is 0.235 e. The van der Waals surface area contributed by atoms with Gasteiger partial charge in [0.05, 0.1) is 33.5 Å². The highest BCUT2D eigenvalue weighted by Gasteiger charge is 2.20. The van der Waals surface area contributed by atoms with E-state index in [0.717, 1.165) is 66.3 Å². The lowest BCUT2D eigenvalue weighted by Gasteiger charge is -2.14. The molecule has 0 saturated heterocycles. The Morgan fingerprint density at radius 3 is 1.27 bits per heavy atom. The van der Waals surface area contributed by atoms with Crippen LogP contribution in [0.4, 0.5) is 0 Å². The van der Waals surface area contributed by atoms with E-state index in [1.54, 1.807) is 0 Å². The first kappa shape index (κ1) is 36.1. The summed E-state index contributed by atoms with van der Waals surface area (Å²) < 4.78 is 4.64. The normalized spacial score (nSPS) is 11.8. The number of para-hydroxylation sites is 2. The predicted molar refractivity (Wildman–Crippen MR) is 267 cm³/mol. The van der Waals surface area contributed by atoms with Crippen molar-refractivity contribution >= 4 is 65.2 Å². The van der Waals surface area contributed by atoms with Crippen molar-refractivity contribution in [3.8, 4) is 56.4 Å². The molecule has 0 atom stereocenters. The number of rotatable bonds is 6. The highest BCUT2D eigenvalue weighted by Crippen LogP contribution is 2.40. The fraction of sp³-hybridized carbons (Fsp3) is 0. The Labute approximate surface area is 369 Å². The molecule has 0 saturated carbocycles.